The molecule has 0 aliphatic heterocycles. The maximum atomic E-state index is 13.3. The lowest BCUT2D eigenvalue weighted by atomic mass is 9.95. The average Bonchev–Trinajstić information content (AvgIpc) is 3.09. The second kappa shape index (κ2) is 7.70. The molecule has 5 nitrogen and oxygen atoms in total. The number of nitrogens with one attached hydrogen (secondary N) is 1. The Kier molecular flexibility index (Phi) is 4.96. The van der Waals surface area contributed by atoms with E-state index in [0.29, 0.717) is 18.7 Å². The highest BCUT2D eigenvalue weighted by Gasteiger charge is 2.25. The van der Waals surface area contributed by atoms with E-state index in [-0.39, 0.29) is 11.7 Å². The van der Waals surface area contributed by atoms with Crippen LogP contribution in [0.4, 0.5) is 4.39 Å². The molecule has 2 heterocycles. The minimum atomic E-state index is -0.285. The fourth-order valence-electron chi connectivity index (χ4n) is 3.51. The molecule has 1 N–H and O–H groups in total. The van der Waals surface area contributed by atoms with Crippen LogP contribution in [-0.2, 0) is 19.3 Å². The predicted molar refractivity (Wildman–Crippen MR) is 100 cm³/mol. The van der Waals surface area contributed by atoms with Crippen LogP contribution in [-0.4, -0.2) is 27.2 Å². The largest absolute Gasteiger partial charge is 0.350 e. The zero-order valence-corrected chi connectivity index (χ0v) is 15.0. The lowest BCUT2D eigenvalue weighted by Gasteiger charge is -2.14. The molecule has 0 bridgehead atoms. The predicted octanol–water partition coefficient (Wildman–Crippen LogP) is 3.26. The molecule has 0 saturated heterocycles. The van der Waals surface area contributed by atoms with Crippen LogP contribution in [0.3, 0.4) is 0 Å². The Hall–Kier alpha value is -3.02. The normalized spacial score (nSPS) is 13.2. The molecule has 0 spiro atoms. The Morgan fingerprint density at radius 3 is 2.70 bits per heavy atom. The van der Waals surface area contributed by atoms with Crippen LogP contribution in [0, 0.1) is 5.82 Å². The number of pyridine rings is 1. The van der Waals surface area contributed by atoms with Gasteiger partial charge in [-0.25, -0.2) is 9.07 Å². The van der Waals surface area contributed by atoms with Crippen molar-refractivity contribution in [3.8, 4) is 5.69 Å². The lowest BCUT2D eigenvalue weighted by molar-refractivity contribution is 0.0947. The molecule has 0 atom stereocenters. The van der Waals surface area contributed by atoms with Gasteiger partial charge in [-0.05, 0) is 62.1 Å². The Morgan fingerprint density at radius 1 is 1.11 bits per heavy atom. The van der Waals surface area contributed by atoms with Gasteiger partial charge in [0, 0.05) is 36.1 Å². The van der Waals surface area contributed by atoms with Crippen molar-refractivity contribution >= 4 is 5.91 Å². The Morgan fingerprint density at radius 2 is 1.93 bits per heavy atom. The van der Waals surface area contributed by atoms with Gasteiger partial charge in [-0.3, -0.25) is 9.78 Å². The fourth-order valence-corrected chi connectivity index (χ4v) is 3.51. The number of benzene rings is 1. The summed E-state index contributed by atoms with van der Waals surface area (Å²) in [6.07, 6.45) is 6.27. The van der Waals surface area contributed by atoms with Crippen LogP contribution < -0.4 is 5.32 Å². The van der Waals surface area contributed by atoms with Crippen LogP contribution in [0.1, 0.15) is 40.3 Å². The number of hydrogen-bond acceptors (Lipinski definition) is 3. The third-order valence-corrected chi connectivity index (χ3v) is 4.86. The number of amides is 1. The second-order valence-corrected chi connectivity index (χ2v) is 6.70. The first kappa shape index (κ1) is 17.4. The standard InChI is InChI=1S/C21H21FN4O/c22-15-8-10-17(11-9-15)26-19-7-2-1-6-18(19)20(25-26)21(27)24-14-12-16-5-3-4-13-23-16/h3-5,8-11,13H,1-2,6-7,12,14H2,(H,24,27). The van der Waals surface area contributed by atoms with Gasteiger partial charge >= 0.3 is 0 Å². The highest BCUT2D eigenvalue weighted by Crippen LogP contribution is 2.27. The molecule has 4 rings (SSSR count). The third kappa shape index (κ3) is 3.74. The molecule has 1 aliphatic carbocycles. The number of fused-ring (bicyclic) bond motifs is 1. The molecular formula is C21H21FN4O. The van der Waals surface area contributed by atoms with E-state index in [1.54, 1.807) is 23.0 Å². The van der Waals surface area contributed by atoms with Gasteiger partial charge in [-0.2, -0.15) is 5.10 Å². The summed E-state index contributed by atoms with van der Waals surface area (Å²) in [7, 11) is 0. The quantitative estimate of drug-likeness (QED) is 0.756. The van der Waals surface area contributed by atoms with Gasteiger partial charge in [-0.1, -0.05) is 6.07 Å². The molecule has 1 aromatic carbocycles. The SMILES string of the molecule is O=C(NCCc1ccccn1)c1nn(-c2ccc(F)cc2)c2c1CCCC2. The first-order valence-electron chi connectivity index (χ1n) is 9.27. The molecule has 0 unspecified atom stereocenters. The van der Waals surface area contributed by atoms with E-state index in [1.165, 1.54) is 12.1 Å². The van der Waals surface area contributed by atoms with Crippen molar-refractivity contribution in [3.05, 3.63) is 77.1 Å². The van der Waals surface area contributed by atoms with Gasteiger partial charge in [0.25, 0.3) is 5.91 Å². The number of carbonyl (C=O) groups is 1. The van der Waals surface area contributed by atoms with E-state index in [9.17, 15) is 9.18 Å². The second-order valence-electron chi connectivity index (χ2n) is 6.70. The highest BCUT2D eigenvalue weighted by atomic mass is 19.1. The fraction of sp³-hybridized carbons (Fsp3) is 0.286. The number of hydrogen-bond donors (Lipinski definition) is 1. The van der Waals surface area contributed by atoms with Crippen molar-refractivity contribution in [2.24, 2.45) is 0 Å². The molecule has 0 radical (unpaired) electrons. The molecule has 27 heavy (non-hydrogen) atoms. The minimum Gasteiger partial charge on any atom is -0.350 e. The number of aromatic nitrogens is 3. The highest BCUT2D eigenvalue weighted by molar-refractivity contribution is 5.94. The average molecular weight is 364 g/mol. The first-order valence-corrected chi connectivity index (χ1v) is 9.27. The van der Waals surface area contributed by atoms with Crippen molar-refractivity contribution < 1.29 is 9.18 Å². The van der Waals surface area contributed by atoms with Crippen molar-refractivity contribution in [2.45, 2.75) is 32.1 Å². The van der Waals surface area contributed by atoms with E-state index in [0.717, 1.165) is 48.3 Å². The van der Waals surface area contributed by atoms with Gasteiger partial charge in [0.15, 0.2) is 5.69 Å². The molecule has 1 aliphatic rings. The molecule has 6 heteroatoms. The number of nitrogens with zero attached hydrogens (tertiary/aromatic N) is 3. The summed E-state index contributed by atoms with van der Waals surface area (Å²) in [6.45, 7) is 0.508. The molecule has 3 aromatic rings. The van der Waals surface area contributed by atoms with E-state index >= 15 is 0 Å². The Balaban J connectivity index is 1.55. The number of halogens is 1. The van der Waals surface area contributed by atoms with Gasteiger partial charge in [-0.15, -0.1) is 0 Å². The third-order valence-electron chi connectivity index (χ3n) is 4.86. The first-order chi connectivity index (χ1) is 13.2. The summed E-state index contributed by atoms with van der Waals surface area (Å²) in [5.74, 6) is -0.447. The van der Waals surface area contributed by atoms with Crippen LogP contribution in [0.25, 0.3) is 5.69 Å². The summed E-state index contributed by atoms with van der Waals surface area (Å²) < 4.78 is 15.0. The molecule has 1 amide bonds. The van der Waals surface area contributed by atoms with Crippen molar-refractivity contribution in [3.63, 3.8) is 0 Å². The van der Waals surface area contributed by atoms with E-state index in [1.807, 2.05) is 18.2 Å². The zero-order valence-electron chi connectivity index (χ0n) is 15.0. The van der Waals surface area contributed by atoms with Gasteiger partial charge < -0.3 is 5.32 Å². The molecule has 0 fully saturated rings. The van der Waals surface area contributed by atoms with Crippen LogP contribution >= 0.6 is 0 Å². The van der Waals surface area contributed by atoms with Gasteiger partial charge in [0.2, 0.25) is 0 Å². The summed E-state index contributed by atoms with van der Waals surface area (Å²) in [5, 5.41) is 7.54. The van der Waals surface area contributed by atoms with Gasteiger partial charge in [0.05, 0.1) is 5.69 Å². The topological polar surface area (TPSA) is 59.8 Å². The molecule has 138 valence electrons. The van der Waals surface area contributed by atoms with Gasteiger partial charge in [0.1, 0.15) is 5.82 Å². The lowest BCUT2D eigenvalue weighted by Crippen LogP contribution is -2.27. The Bertz CT molecular complexity index is 935. The van der Waals surface area contributed by atoms with Crippen molar-refractivity contribution in [2.75, 3.05) is 6.54 Å². The maximum Gasteiger partial charge on any atom is 0.272 e. The summed E-state index contributed by atoms with van der Waals surface area (Å²) in [5.41, 5.74) is 4.28. The van der Waals surface area contributed by atoms with Crippen molar-refractivity contribution in [1.29, 1.82) is 0 Å². The van der Waals surface area contributed by atoms with E-state index in [2.05, 4.69) is 15.4 Å². The zero-order chi connectivity index (χ0) is 18.6. The summed E-state index contributed by atoms with van der Waals surface area (Å²) in [4.78, 5) is 17.0. The molecule has 0 saturated carbocycles. The summed E-state index contributed by atoms with van der Waals surface area (Å²) >= 11 is 0. The van der Waals surface area contributed by atoms with Crippen LogP contribution in [0.2, 0.25) is 0 Å². The smallest absolute Gasteiger partial charge is 0.272 e. The van der Waals surface area contributed by atoms with Crippen LogP contribution in [0.5, 0.6) is 0 Å². The van der Waals surface area contributed by atoms with E-state index < -0.39 is 0 Å². The van der Waals surface area contributed by atoms with Crippen LogP contribution in [0.15, 0.2) is 48.7 Å². The minimum absolute atomic E-state index is 0.162. The van der Waals surface area contributed by atoms with Crippen molar-refractivity contribution in [1.82, 2.24) is 20.1 Å². The number of carbonyl (C=O) groups excluding carboxylic acids is 1. The van der Waals surface area contributed by atoms with E-state index in [4.69, 9.17) is 0 Å². The molecular weight excluding hydrogens is 343 g/mol. The Labute approximate surface area is 157 Å². The molecule has 2 aromatic heterocycles. The summed E-state index contributed by atoms with van der Waals surface area (Å²) in [6, 6.07) is 12.0. The maximum absolute atomic E-state index is 13.3. The number of rotatable bonds is 5. The monoisotopic (exact) mass is 364 g/mol.